The highest BCUT2D eigenvalue weighted by atomic mass is 15.3. The average molecular weight is 263 g/mol. The van der Waals surface area contributed by atoms with Crippen LogP contribution in [0.15, 0.2) is 4.99 Å². The average Bonchev–Trinajstić information content (AvgIpc) is 3.30. The number of nitrogens with zero attached hydrogens (tertiary/aromatic N) is 2. The highest BCUT2D eigenvalue weighted by Gasteiger charge is 2.53. The van der Waals surface area contributed by atoms with E-state index in [1.807, 2.05) is 7.05 Å². The van der Waals surface area contributed by atoms with E-state index in [0.717, 1.165) is 18.4 Å². The fraction of sp³-hybridized carbons (Fsp3) is 0.938. The van der Waals surface area contributed by atoms with Crippen LogP contribution in [0.2, 0.25) is 0 Å². The van der Waals surface area contributed by atoms with Gasteiger partial charge in [0.05, 0.1) is 0 Å². The van der Waals surface area contributed by atoms with Gasteiger partial charge in [-0.3, -0.25) is 4.99 Å². The lowest BCUT2D eigenvalue weighted by atomic mass is 9.87. The standard InChI is InChI=1S/C16H29N3/c1-4-15(2)9-10-19(12-15)14(17-3)18-11-16(7-8-16)13-5-6-13/h13H,4-12H2,1-3H3,(H,17,18). The Morgan fingerprint density at radius 3 is 2.53 bits per heavy atom. The van der Waals surface area contributed by atoms with Crippen molar-refractivity contribution in [1.29, 1.82) is 0 Å². The molecule has 2 saturated carbocycles. The van der Waals surface area contributed by atoms with E-state index in [0.29, 0.717) is 10.8 Å². The van der Waals surface area contributed by atoms with Crippen LogP contribution in [0.5, 0.6) is 0 Å². The second-order valence-electron chi connectivity index (χ2n) is 7.37. The molecule has 3 aliphatic rings. The van der Waals surface area contributed by atoms with Crippen LogP contribution in [0.3, 0.4) is 0 Å². The van der Waals surface area contributed by atoms with Gasteiger partial charge >= 0.3 is 0 Å². The fourth-order valence-corrected chi connectivity index (χ4v) is 3.67. The Morgan fingerprint density at radius 2 is 2.05 bits per heavy atom. The summed E-state index contributed by atoms with van der Waals surface area (Å²) < 4.78 is 0. The first-order valence-corrected chi connectivity index (χ1v) is 8.06. The van der Waals surface area contributed by atoms with E-state index in [-0.39, 0.29) is 0 Å². The lowest BCUT2D eigenvalue weighted by molar-refractivity contribution is 0.320. The summed E-state index contributed by atoms with van der Waals surface area (Å²) >= 11 is 0. The minimum absolute atomic E-state index is 0.491. The smallest absolute Gasteiger partial charge is 0.193 e. The van der Waals surface area contributed by atoms with Crippen LogP contribution < -0.4 is 5.32 Å². The van der Waals surface area contributed by atoms with Crippen LogP contribution >= 0.6 is 0 Å². The van der Waals surface area contributed by atoms with Crippen molar-refractivity contribution in [2.75, 3.05) is 26.7 Å². The van der Waals surface area contributed by atoms with Crippen LogP contribution in [-0.4, -0.2) is 37.5 Å². The maximum Gasteiger partial charge on any atom is 0.193 e. The summed E-state index contributed by atoms with van der Waals surface area (Å²) in [7, 11) is 1.93. The molecule has 1 saturated heterocycles. The summed E-state index contributed by atoms with van der Waals surface area (Å²) in [6.45, 7) is 8.21. The molecule has 108 valence electrons. The molecule has 3 rings (SSSR count). The first-order chi connectivity index (χ1) is 9.11. The van der Waals surface area contributed by atoms with E-state index < -0.39 is 0 Å². The van der Waals surface area contributed by atoms with Crippen molar-refractivity contribution in [2.45, 2.75) is 52.4 Å². The summed E-state index contributed by atoms with van der Waals surface area (Å²) in [5, 5.41) is 3.67. The zero-order chi connectivity index (χ0) is 13.5. The van der Waals surface area contributed by atoms with Gasteiger partial charge < -0.3 is 10.2 Å². The van der Waals surface area contributed by atoms with E-state index in [1.165, 1.54) is 51.6 Å². The number of hydrogen-bond donors (Lipinski definition) is 1. The highest BCUT2D eigenvalue weighted by molar-refractivity contribution is 5.80. The molecular weight excluding hydrogens is 234 g/mol. The van der Waals surface area contributed by atoms with Crippen molar-refractivity contribution in [1.82, 2.24) is 10.2 Å². The molecule has 0 radical (unpaired) electrons. The van der Waals surface area contributed by atoms with Crippen LogP contribution in [-0.2, 0) is 0 Å². The third-order valence-electron chi connectivity index (χ3n) is 5.86. The first-order valence-electron chi connectivity index (χ1n) is 8.06. The summed E-state index contributed by atoms with van der Waals surface area (Å²) in [5.41, 5.74) is 1.15. The Balaban J connectivity index is 1.54. The molecule has 1 atom stereocenters. The van der Waals surface area contributed by atoms with Crippen molar-refractivity contribution in [3.8, 4) is 0 Å². The Bertz CT molecular complexity index is 368. The quantitative estimate of drug-likeness (QED) is 0.624. The van der Waals surface area contributed by atoms with E-state index in [2.05, 4.69) is 29.1 Å². The molecule has 3 nitrogen and oxygen atoms in total. The predicted molar refractivity (Wildman–Crippen MR) is 80.3 cm³/mol. The molecule has 0 bridgehead atoms. The molecule has 1 heterocycles. The third-order valence-corrected chi connectivity index (χ3v) is 5.86. The maximum absolute atomic E-state index is 4.51. The van der Waals surface area contributed by atoms with Gasteiger partial charge in [-0.05, 0) is 55.3 Å². The van der Waals surface area contributed by atoms with Gasteiger partial charge in [-0.2, -0.15) is 0 Å². The molecule has 0 spiro atoms. The number of likely N-dealkylation sites (tertiary alicyclic amines) is 1. The number of rotatable bonds is 4. The van der Waals surface area contributed by atoms with Crippen molar-refractivity contribution >= 4 is 5.96 Å². The molecular formula is C16H29N3. The van der Waals surface area contributed by atoms with Crippen LogP contribution in [0, 0.1) is 16.7 Å². The van der Waals surface area contributed by atoms with Gasteiger partial charge in [0.2, 0.25) is 0 Å². The number of guanidine groups is 1. The van der Waals surface area contributed by atoms with Crippen LogP contribution in [0.25, 0.3) is 0 Å². The van der Waals surface area contributed by atoms with Crippen LogP contribution in [0.1, 0.15) is 52.4 Å². The predicted octanol–water partition coefficient (Wildman–Crippen LogP) is 2.87. The molecule has 19 heavy (non-hydrogen) atoms. The zero-order valence-electron chi connectivity index (χ0n) is 12.8. The lowest BCUT2D eigenvalue weighted by Gasteiger charge is -2.26. The minimum Gasteiger partial charge on any atom is -0.356 e. The molecule has 0 aromatic heterocycles. The molecule has 3 fully saturated rings. The maximum atomic E-state index is 4.51. The fourth-order valence-electron chi connectivity index (χ4n) is 3.67. The molecule has 0 aromatic carbocycles. The number of nitrogens with one attached hydrogen (secondary N) is 1. The van der Waals surface area contributed by atoms with E-state index in [9.17, 15) is 0 Å². The number of hydrogen-bond acceptors (Lipinski definition) is 1. The second-order valence-corrected chi connectivity index (χ2v) is 7.37. The van der Waals surface area contributed by atoms with Gasteiger partial charge in [0, 0.05) is 26.7 Å². The Morgan fingerprint density at radius 1 is 1.32 bits per heavy atom. The number of aliphatic imine (C=N–C) groups is 1. The van der Waals surface area contributed by atoms with E-state index in [1.54, 1.807) is 0 Å². The summed E-state index contributed by atoms with van der Waals surface area (Å²) in [5.74, 6) is 2.17. The molecule has 1 aliphatic heterocycles. The van der Waals surface area contributed by atoms with Gasteiger partial charge in [0.25, 0.3) is 0 Å². The van der Waals surface area contributed by atoms with Crippen molar-refractivity contribution in [2.24, 2.45) is 21.7 Å². The Kier molecular flexibility index (Phi) is 3.26. The highest BCUT2D eigenvalue weighted by Crippen LogP contribution is 2.60. The minimum atomic E-state index is 0.491. The van der Waals surface area contributed by atoms with E-state index in [4.69, 9.17) is 0 Å². The van der Waals surface area contributed by atoms with Crippen molar-refractivity contribution < 1.29 is 0 Å². The molecule has 1 unspecified atom stereocenters. The molecule has 1 N–H and O–H groups in total. The van der Waals surface area contributed by atoms with Gasteiger partial charge in [0.1, 0.15) is 0 Å². The van der Waals surface area contributed by atoms with Gasteiger partial charge in [-0.25, -0.2) is 0 Å². The van der Waals surface area contributed by atoms with Gasteiger partial charge in [0.15, 0.2) is 5.96 Å². The zero-order valence-corrected chi connectivity index (χ0v) is 12.8. The second kappa shape index (κ2) is 4.68. The van der Waals surface area contributed by atoms with E-state index >= 15 is 0 Å². The Labute approximate surface area is 117 Å². The lowest BCUT2D eigenvalue weighted by Crippen LogP contribution is -2.43. The molecule has 3 heteroatoms. The third kappa shape index (κ3) is 2.61. The molecule has 0 aromatic rings. The topological polar surface area (TPSA) is 27.6 Å². The summed E-state index contributed by atoms with van der Waals surface area (Å²) in [6, 6.07) is 0. The normalized spacial score (nSPS) is 33.6. The van der Waals surface area contributed by atoms with Crippen LogP contribution in [0.4, 0.5) is 0 Å². The molecule has 2 aliphatic carbocycles. The van der Waals surface area contributed by atoms with Gasteiger partial charge in [-0.15, -0.1) is 0 Å². The van der Waals surface area contributed by atoms with Crippen molar-refractivity contribution in [3.63, 3.8) is 0 Å². The largest absolute Gasteiger partial charge is 0.356 e. The first kappa shape index (κ1) is 13.3. The van der Waals surface area contributed by atoms with Crippen molar-refractivity contribution in [3.05, 3.63) is 0 Å². The SMILES string of the molecule is CCC1(C)CCN(C(=NC)NCC2(C3CC3)CC2)C1. The van der Waals surface area contributed by atoms with Gasteiger partial charge in [-0.1, -0.05) is 13.8 Å². The summed E-state index contributed by atoms with van der Waals surface area (Å²) in [6.07, 6.45) is 8.39. The Hall–Kier alpha value is -0.730. The molecule has 0 amide bonds. The monoisotopic (exact) mass is 263 g/mol. The summed E-state index contributed by atoms with van der Waals surface area (Å²) in [4.78, 5) is 6.98.